The molecule has 0 unspecified atom stereocenters. The Morgan fingerprint density at radius 2 is 1.92 bits per heavy atom. The third kappa shape index (κ3) is 4.77. The van der Waals surface area contributed by atoms with Crippen molar-refractivity contribution < 1.29 is 9.53 Å². The number of hydrogen-bond acceptors (Lipinski definition) is 4. The highest BCUT2D eigenvalue weighted by atomic mass is 16.5. The molecule has 3 aromatic rings. The molecule has 130 valence electrons. The van der Waals surface area contributed by atoms with E-state index in [1.807, 2.05) is 36.4 Å². The van der Waals surface area contributed by atoms with Crippen LogP contribution in [-0.4, -0.2) is 17.1 Å². The summed E-state index contributed by atoms with van der Waals surface area (Å²) in [6.07, 6.45) is 4.67. The molecule has 1 aromatic heterocycles. The lowest BCUT2D eigenvalue weighted by Gasteiger charge is -2.09. The van der Waals surface area contributed by atoms with Crippen molar-refractivity contribution in [3.63, 3.8) is 0 Å². The van der Waals surface area contributed by atoms with Crippen molar-refractivity contribution in [3.05, 3.63) is 95.3 Å². The fourth-order valence-electron chi connectivity index (χ4n) is 2.29. The van der Waals surface area contributed by atoms with Crippen molar-refractivity contribution >= 4 is 12.1 Å². The Balaban J connectivity index is 1.63. The number of benzene rings is 2. The largest absolute Gasteiger partial charge is 0.488 e. The molecule has 0 bridgehead atoms. The number of hydrogen-bond donors (Lipinski definition) is 1. The Kier molecular flexibility index (Phi) is 5.72. The van der Waals surface area contributed by atoms with E-state index in [4.69, 9.17) is 4.74 Å². The first-order chi connectivity index (χ1) is 12.7. The van der Waals surface area contributed by atoms with Gasteiger partial charge >= 0.3 is 0 Å². The summed E-state index contributed by atoms with van der Waals surface area (Å²) < 4.78 is 5.89. The van der Waals surface area contributed by atoms with Crippen LogP contribution < -0.4 is 10.2 Å². The van der Waals surface area contributed by atoms with Crippen molar-refractivity contribution in [1.29, 1.82) is 0 Å². The average Bonchev–Trinajstić information content (AvgIpc) is 2.69. The van der Waals surface area contributed by atoms with Crippen molar-refractivity contribution in [2.45, 2.75) is 13.5 Å². The summed E-state index contributed by atoms with van der Waals surface area (Å²) in [5.41, 5.74) is 6.03. The molecule has 1 heterocycles. The Labute approximate surface area is 152 Å². The number of carbonyl (C=O) groups excluding carboxylic acids is 1. The summed E-state index contributed by atoms with van der Waals surface area (Å²) >= 11 is 0. The zero-order valence-electron chi connectivity index (χ0n) is 14.4. The van der Waals surface area contributed by atoms with E-state index in [2.05, 4.69) is 34.6 Å². The van der Waals surface area contributed by atoms with Crippen LogP contribution in [0.4, 0.5) is 0 Å². The molecule has 0 atom stereocenters. The number of para-hydroxylation sites is 1. The highest BCUT2D eigenvalue weighted by Crippen LogP contribution is 2.17. The van der Waals surface area contributed by atoms with Gasteiger partial charge in [-0.25, -0.2) is 5.43 Å². The number of nitrogens with zero attached hydrogens (tertiary/aromatic N) is 2. The van der Waals surface area contributed by atoms with Gasteiger partial charge in [-0.2, -0.15) is 5.10 Å². The maximum atomic E-state index is 12.0. The van der Waals surface area contributed by atoms with Gasteiger partial charge in [-0.3, -0.25) is 9.78 Å². The zero-order chi connectivity index (χ0) is 18.2. The van der Waals surface area contributed by atoms with Gasteiger partial charge in [-0.1, -0.05) is 42.0 Å². The van der Waals surface area contributed by atoms with Crippen molar-refractivity contribution in [2.24, 2.45) is 5.10 Å². The van der Waals surface area contributed by atoms with Crippen molar-refractivity contribution in [1.82, 2.24) is 10.4 Å². The number of pyridine rings is 1. The third-order valence-electron chi connectivity index (χ3n) is 3.73. The lowest BCUT2D eigenvalue weighted by molar-refractivity contribution is 0.0954. The number of hydrazone groups is 1. The second-order valence-corrected chi connectivity index (χ2v) is 5.75. The van der Waals surface area contributed by atoms with Crippen LogP contribution in [0.2, 0.25) is 0 Å². The highest BCUT2D eigenvalue weighted by molar-refractivity contribution is 5.94. The molecule has 1 N–H and O–H groups in total. The molecule has 0 aliphatic rings. The number of amides is 1. The number of carbonyl (C=O) groups is 1. The molecule has 0 aliphatic carbocycles. The Bertz CT molecular complexity index is 891. The minimum Gasteiger partial charge on any atom is -0.488 e. The fraction of sp³-hybridized carbons (Fsp3) is 0.0952. The fourth-order valence-corrected chi connectivity index (χ4v) is 2.29. The number of rotatable bonds is 6. The normalized spacial score (nSPS) is 10.7. The number of nitrogens with one attached hydrogen (secondary N) is 1. The number of ether oxygens (including phenoxy) is 1. The van der Waals surface area contributed by atoms with Gasteiger partial charge in [-0.15, -0.1) is 0 Å². The van der Waals surface area contributed by atoms with Crippen molar-refractivity contribution in [3.8, 4) is 5.75 Å². The Morgan fingerprint density at radius 1 is 1.12 bits per heavy atom. The van der Waals surface area contributed by atoms with Gasteiger partial charge in [0, 0.05) is 18.0 Å². The molecular formula is C21H19N3O2. The third-order valence-corrected chi connectivity index (χ3v) is 3.73. The van der Waals surface area contributed by atoms with Crippen LogP contribution in [0.25, 0.3) is 0 Å². The minimum absolute atomic E-state index is 0.313. The molecule has 26 heavy (non-hydrogen) atoms. The van der Waals surface area contributed by atoms with Gasteiger partial charge in [0.2, 0.25) is 0 Å². The first-order valence-electron chi connectivity index (χ1n) is 8.23. The lowest BCUT2D eigenvalue weighted by atomic mass is 10.1. The SMILES string of the molecule is Cc1ccc(COc2ccccc2/C=N\NC(=O)c2cccnc2)cc1. The maximum Gasteiger partial charge on any atom is 0.272 e. The Hall–Kier alpha value is -3.47. The molecule has 0 aliphatic heterocycles. The molecular weight excluding hydrogens is 326 g/mol. The minimum atomic E-state index is -0.313. The molecule has 5 heteroatoms. The zero-order valence-corrected chi connectivity index (χ0v) is 14.4. The quantitative estimate of drug-likeness (QED) is 0.547. The predicted octanol–water partition coefficient (Wildman–Crippen LogP) is 3.73. The van der Waals surface area contributed by atoms with Crippen LogP contribution in [0.1, 0.15) is 27.0 Å². The summed E-state index contributed by atoms with van der Waals surface area (Å²) in [6.45, 7) is 2.52. The van der Waals surface area contributed by atoms with Crippen LogP contribution in [0.15, 0.2) is 78.2 Å². The molecule has 0 spiro atoms. The summed E-state index contributed by atoms with van der Waals surface area (Å²) in [6, 6.07) is 19.1. The van der Waals surface area contributed by atoms with Gasteiger partial charge in [0.25, 0.3) is 5.91 Å². The average molecular weight is 345 g/mol. The van der Waals surface area contributed by atoms with E-state index >= 15 is 0 Å². The van der Waals surface area contributed by atoms with Crippen LogP contribution in [0.3, 0.4) is 0 Å². The van der Waals surface area contributed by atoms with Gasteiger partial charge in [0.1, 0.15) is 12.4 Å². The van der Waals surface area contributed by atoms with Crippen LogP contribution in [-0.2, 0) is 6.61 Å². The topological polar surface area (TPSA) is 63.6 Å². The van der Waals surface area contributed by atoms with E-state index in [9.17, 15) is 4.79 Å². The van der Waals surface area contributed by atoms with Gasteiger partial charge in [0.15, 0.2) is 0 Å². The first kappa shape index (κ1) is 17.4. The molecule has 5 nitrogen and oxygen atoms in total. The molecule has 2 aromatic carbocycles. The molecule has 1 amide bonds. The smallest absolute Gasteiger partial charge is 0.272 e. The first-order valence-corrected chi connectivity index (χ1v) is 8.23. The number of aromatic nitrogens is 1. The van der Waals surface area contributed by atoms with Gasteiger partial charge < -0.3 is 4.74 Å². The molecule has 0 fully saturated rings. The lowest BCUT2D eigenvalue weighted by Crippen LogP contribution is -2.17. The second kappa shape index (κ2) is 8.58. The standard InChI is InChI=1S/C21H19N3O2/c1-16-8-10-17(11-9-16)15-26-20-7-3-2-5-18(20)14-23-24-21(25)19-6-4-12-22-13-19/h2-14H,15H2,1H3,(H,24,25)/b23-14-. The predicted molar refractivity (Wildman–Crippen MR) is 101 cm³/mol. The second-order valence-electron chi connectivity index (χ2n) is 5.75. The maximum absolute atomic E-state index is 12.0. The summed E-state index contributed by atoms with van der Waals surface area (Å²) in [7, 11) is 0. The Morgan fingerprint density at radius 3 is 2.69 bits per heavy atom. The summed E-state index contributed by atoms with van der Waals surface area (Å²) in [5.74, 6) is 0.389. The van der Waals surface area contributed by atoms with E-state index in [1.54, 1.807) is 24.5 Å². The monoisotopic (exact) mass is 345 g/mol. The van der Waals surface area contributed by atoms with E-state index < -0.39 is 0 Å². The number of aryl methyl sites for hydroxylation is 1. The van der Waals surface area contributed by atoms with Crippen LogP contribution >= 0.6 is 0 Å². The highest BCUT2D eigenvalue weighted by Gasteiger charge is 2.04. The van der Waals surface area contributed by atoms with E-state index in [0.29, 0.717) is 17.9 Å². The van der Waals surface area contributed by atoms with E-state index in [-0.39, 0.29) is 5.91 Å². The van der Waals surface area contributed by atoms with Gasteiger partial charge in [-0.05, 0) is 36.8 Å². The molecule has 0 saturated carbocycles. The molecule has 3 rings (SSSR count). The van der Waals surface area contributed by atoms with Crippen molar-refractivity contribution in [2.75, 3.05) is 0 Å². The van der Waals surface area contributed by atoms with Crippen LogP contribution in [0, 0.1) is 6.92 Å². The molecule has 0 radical (unpaired) electrons. The van der Waals surface area contributed by atoms with Crippen LogP contribution in [0.5, 0.6) is 5.75 Å². The van der Waals surface area contributed by atoms with Gasteiger partial charge in [0.05, 0.1) is 11.8 Å². The summed E-state index contributed by atoms with van der Waals surface area (Å²) in [4.78, 5) is 15.9. The van der Waals surface area contributed by atoms with E-state index in [1.165, 1.54) is 11.8 Å². The van der Waals surface area contributed by atoms with E-state index in [0.717, 1.165) is 11.1 Å². The summed E-state index contributed by atoms with van der Waals surface area (Å²) in [5, 5.41) is 4.01. The molecule has 0 saturated heterocycles.